The summed E-state index contributed by atoms with van der Waals surface area (Å²) in [6.45, 7) is 4.64. The second-order valence-corrected chi connectivity index (χ2v) is 5.99. The van der Waals surface area contributed by atoms with Crippen LogP contribution < -0.4 is 5.32 Å². The second kappa shape index (κ2) is 8.39. The fourth-order valence-corrected chi connectivity index (χ4v) is 2.62. The average molecular weight is 400 g/mol. The van der Waals surface area contributed by atoms with E-state index in [4.69, 9.17) is 11.6 Å². The first-order chi connectivity index (χ1) is 12.7. The van der Waals surface area contributed by atoms with Gasteiger partial charge in [0.05, 0.1) is 21.7 Å². The molecule has 1 aromatic carbocycles. The maximum absolute atomic E-state index is 12.9. The number of carbonyl (C=O) groups excluding carboxylic acids is 2. The lowest BCUT2D eigenvalue weighted by atomic mass is 10.1. The first-order valence-electron chi connectivity index (χ1n) is 8.09. The van der Waals surface area contributed by atoms with E-state index in [0.29, 0.717) is 13.1 Å². The third-order valence-electron chi connectivity index (χ3n) is 3.83. The molecule has 2 rings (SSSR count). The van der Waals surface area contributed by atoms with Crippen molar-refractivity contribution in [2.75, 3.05) is 18.4 Å². The minimum atomic E-state index is -4.64. The Morgan fingerprint density at radius 1 is 1.11 bits per heavy atom. The van der Waals surface area contributed by atoms with Crippen LogP contribution in [0.1, 0.15) is 40.1 Å². The number of carbonyl (C=O) groups is 2. The molecule has 9 heteroatoms. The number of amides is 2. The van der Waals surface area contributed by atoms with Gasteiger partial charge in [-0.05, 0) is 38.1 Å². The second-order valence-electron chi connectivity index (χ2n) is 5.59. The number of alkyl halides is 3. The number of nitrogens with one attached hydrogen (secondary N) is 1. The van der Waals surface area contributed by atoms with Crippen molar-refractivity contribution in [3.63, 3.8) is 0 Å². The van der Waals surface area contributed by atoms with Gasteiger partial charge in [-0.2, -0.15) is 13.2 Å². The van der Waals surface area contributed by atoms with Crippen LogP contribution in [-0.2, 0) is 6.18 Å². The quantitative estimate of drug-likeness (QED) is 0.805. The van der Waals surface area contributed by atoms with E-state index in [9.17, 15) is 22.8 Å². The maximum atomic E-state index is 12.9. The molecule has 1 heterocycles. The van der Waals surface area contributed by atoms with Crippen LogP contribution in [0.2, 0.25) is 5.02 Å². The molecule has 0 spiro atoms. The van der Waals surface area contributed by atoms with Crippen LogP contribution in [0.25, 0.3) is 0 Å². The first kappa shape index (κ1) is 20.7. The Labute approximate surface area is 159 Å². The number of rotatable bonds is 5. The van der Waals surface area contributed by atoms with E-state index in [-0.39, 0.29) is 22.7 Å². The minimum Gasteiger partial charge on any atom is -0.339 e. The molecule has 0 saturated carbocycles. The fourth-order valence-electron chi connectivity index (χ4n) is 2.40. The normalized spacial score (nSPS) is 11.2. The zero-order valence-electron chi connectivity index (χ0n) is 14.6. The number of halogens is 4. The molecule has 0 aliphatic carbocycles. The summed E-state index contributed by atoms with van der Waals surface area (Å²) >= 11 is 5.56. The lowest BCUT2D eigenvalue weighted by Gasteiger charge is -2.18. The van der Waals surface area contributed by atoms with Crippen LogP contribution in [0.4, 0.5) is 18.9 Å². The summed E-state index contributed by atoms with van der Waals surface area (Å²) in [5.74, 6) is -0.972. The Morgan fingerprint density at radius 3 is 2.33 bits per heavy atom. The summed E-state index contributed by atoms with van der Waals surface area (Å²) in [6, 6.07) is 4.41. The summed E-state index contributed by atoms with van der Waals surface area (Å²) in [5, 5.41) is 1.89. The number of pyridine rings is 1. The van der Waals surface area contributed by atoms with Gasteiger partial charge in [0.15, 0.2) is 0 Å². The van der Waals surface area contributed by atoms with Crippen LogP contribution in [-0.4, -0.2) is 34.8 Å². The van der Waals surface area contributed by atoms with Gasteiger partial charge >= 0.3 is 6.18 Å². The Hall–Kier alpha value is -2.61. The highest BCUT2D eigenvalue weighted by atomic mass is 35.5. The summed E-state index contributed by atoms with van der Waals surface area (Å²) in [4.78, 5) is 30.1. The number of nitrogens with zero attached hydrogens (tertiary/aromatic N) is 2. The van der Waals surface area contributed by atoms with Gasteiger partial charge in [0.2, 0.25) is 0 Å². The van der Waals surface area contributed by atoms with Crippen molar-refractivity contribution in [1.29, 1.82) is 0 Å². The molecule has 0 saturated heterocycles. The Kier molecular flexibility index (Phi) is 6.43. The molecule has 144 valence electrons. The van der Waals surface area contributed by atoms with Crippen molar-refractivity contribution in [2.45, 2.75) is 20.0 Å². The van der Waals surface area contributed by atoms with E-state index >= 15 is 0 Å². The summed E-state index contributed by atoms with van der Waals surface area (Å²) in [5.41, 5.74) is -0.849. The molecule has 0 aliphatic heterocycles. The molecule has 0 unspecified atom stereocenters. The third-order valence-corrected chi connectivity index (χ3v) is 4.16. The van der Waals surface area contributed by atoms with Crippen LogP contribution >= 0.6 is 11.6 Å². The smallest absolute Gasteiger partial charge is 0.339 e. The van der Waals surface area contributed by atoms with Gasteiger partial charge in [0, 0.05) is 31.2 Å². The van der Waals surface area contributed by atoms with Gasteiger partial charge < -0.3 is 10.2 Å². The molecule has 0 radical (unpaired) electrons. The number of hydrogen-bond donors (Lipinski definition) is 1. The predicted octanol–water partition coefficient (Wildman–Crippen LogP) is 4.49. The molecule has 0 atom stereocenters. The zero-order valence-corrected chi connectivity index (χ0v) is 15.4. The summed E-state index contributed by atoms with van der Waals surface area (Å²) in [6.07, 6.45) is -2.08. The Bertz CT molecular complexity index is 852. The summed E-state index contributed by atoms with van der Waals surface area (Å²) in [7, 11) is 0. The Morgan fingerprint density at radius 2 is 1.74 bits per heavy atom. The van der Waals surface area contributed by atoms with Crippen molar-refractivity contribution in [3.05, 3.63) is 58.4 Å². The molecule has 2 aromatic rings. The number of anilines is 1. The molecule has 2 amide bonds. The largest absolute Gasteiger partial charge is 0.417 e. The molecule has 27 heavy (non-hydrogen) atoms. The van der Waals surface area contributed by atoms with Crippen LogP contribution in [0.5, 0.6) is 0 Å². The van der Waals surface area contributed by atoms with Crippen molar-refractivity contribution in [2.24, 2.45) is 0 Å². The highest BCUT2D eigenvalue weighted by molar-refractivity contribution is 6.31. The summed E-state index contributed by atoms with van der Waals surface area (Å²) < 4.78 is 38.8. The average Bonchev–Trinajstić information content (AvgIpc) is 2.63. The highest BCUT2D eigenvalue weighted by Gasteiger charge is 2.33. The fraction of sp³-hybridized carbons (Fsp3) is 0.278. The molecule has 1 aromatic heterocycles. The SMILES string of the molecule is CCN(CC)C(=O)c1cncc(C(=O)Nc2ccc(Cl)c(C(F)(F)F)c2)c1. The maximum Gasteiger partial charge on any atom is 0.417 e. The van der Waals surface area contributed by atoms with E-state index in [2.05, 4.69) is 10.3 Å². The zero-order chi connectivity index (χ0) is 20.2. The minimum absolute atomic E-state index is 0.0523. The Balaban J connectivity index is 2.25. The topological polar surface area (TPSA) is 62.3 Å². The van der Waals surface area contributed by atoms with Crippen molar-refractivity contribution >= 4 is 29.1 Å². The molecular formula is C18H17ClF3N3O2. The predicted molar refractivity (Wildman–Crippen MR) is 95.9 cm³/mol. The number of aromatic nitrogens is 1. The lowest BCUT2D eigenvalue weighted by Crippen LogP contribution is -2.30. The highest BCUT2D eigenvalue weighted by Crippen LogP contribution is 2.36. The first-order valence-corrected chi connectivity index (χ1v) is 8.47. The van der Waals surface area contributed by atoms with Gasteiger partial charge in [-0.15, -0.1) is 0 Å². The van der Waals surface area contributed by atoms with Crippen molar-refractivity contribution in [1.82, 2.24) is 9.88 Å². The van der Waals surface area contributed by atoms with Crippen LogP contribution in [0.15, 0.2) is 36.7 Å². The van der Waals surface area contributed by atoms with Gasteiger partial charge in [0.25, 0.3) is 11.8 Å². The number of hydrogen-bond acceptors (Lipinski definition) is 3. The molecule has 0 aliphatic rings. The standard InChI is InChI=1S/C18H17ClF3N3O2/c1-3-25(4-2)17(27)12-7-11(9-23-10-12)16(26)24-13-5-6-15(19)14(8-13)18(20,21)22/h5-10H,3-4H2,1-2H3,(H,24,26). The van der Waals surface area contributed by atoms with Crippen LogP contribution in [0.3, 0.4) is 0 Å². The third kappa shape index (κ3) is 4.97. The van der Waals surface area contributed by atoms with E-state index in [1.807, 2.05) is 13.8 Å². The molecule has 0 fully saturated rings. The van der Waals surface area contributed by atoms with E-state index in [1.165, 1.54) is 24.5 Å². The van der Waals surface area contributed by atoms with Gasteiger partial charge in [-0.1, -0.05) is 11.6 Å². The molecule has 1 N–H and O–H groups in total. The van der Waals surface area contributed by atoms with E-state index < -0.39 is 22.7 Å². The van der Waals surface area contributed by atoms with E-state index in [0.717, 1.165) is 12.1 Å². The van der Waals surface area contributed by atoms with Crippen LogP contribution in [0, 0.1) is 0 Å². The molecular weight excluding hydrogens is 383 g/mol. The molecule has 5 nitrogen and oxygen atoms in total. The number of benzene rings is 1. The monoisotopic (exact) mass is 399 g/mol. The van der Waals surface area contributed by atoms with Crippen molar-refractivity contribution in [3.8, 4) is 0 Å². The van der Waals surface area contributed by atoms with Gasteiger partial charge in [0.1, 0.15) is 0 Å². The lowest BCUT2D eigenvalue weighted by molar-refractivity contribution is -0.137. The van der Waals surface area contributed by atoms with Crippen molar-refractivity contribution < 1.29 is 22.8 Å². The van der Waals surface area contributed by atoms with E-state index in [1.54, 1.807) is 4.90 Å². The van der Waals surface area contributed by atoms with Gasteiger partial charge in [-0.25, -0.2) is 0 Å². The molecule has 0 bridgehead atoms. The van der Waals surface area contributed by atoms with Gasteiger partial charge in [-0.3, -0.25) is 14.6 Å².